The Morgan fingerprint density at radius 3 is 2.07 bits per heavy atom. The Kier molecular flexibility index (Phi) is 7.08. The molecule has 0 saturated carbocycles. The Labute approximate surface area is 86.8 Å². The molecule has 0 aliphatic rings. The molecule has 0 aromatic carbocycles. The van der Waals surface area contributed by atoms with Crippen molar-refractivity contribution < 1.29 is 8.42 Å². The summed E-state index contributed by atoms with van der Waals surface area (Å²) >= 11 is 0. The van der Waals surface area contributed by atoms with Crippen molar-refractivity contribution in [2.24, 2.45) is 5.73 Å². The lowest BCUT2D eigenvalue weighted by atomic mass is 10.4. The molecule has 0 unspecified atom stereocenters. The second-order valence-electron chi connectivity index (χ2n) is 3.09. The minimum Gasteiger partial charge on any atom is -0.329 e. The summed E-state index contributed by atoms with van der Waals surface area (Å²) in [7, 11) is -3.31. The monoisotopic (exact) mass is 223 g/mol. The van der Waals surface area contributed by atoms with E-state index in [-0.39, 0.29) is 0 Å². The topological polar surface area (TPSA) is 75.4 Å². The summed E-state index contributed by atoms with van der Waals surface area (Å²) in [4.78, 5) is 0. The van der Waals surface area contributed by atoms with Crippen molar-refractivity contribution in [3.8, 4) is 0 Å². The van der Waals surface area contributed by atoms with Crippen LogP contribution in [0.5, 0.6) is 0 Å². The van der Waals surface area contributed by atoms with Crippen molar-refractivity contribution in [1.82, 2.24) is 9.03 Å². The largest absolute Gasteiger partial charge is 0.329 e. The minimum atomic E-state index is -3.31. The average molecular weight is 223 g/mol. The van der Waals surface area contributed by atoms with E-state index in [4.69, 9.17) is 5.73 Å². The van der Waals surface area contributed by atoms with E-state index >= 15 is 0 Å². The van der Waals surface area contributed by atoms with Crippen LogP contribution in [-0.4, -0.2) is 38.9 Å². The third-order valence-electron chi connectivity index (χ3n) is 1.71. The van der Waals surface area contributed by atoms with Gasteiger partial charge in [-0.05, 0) is 12.8 Å². The molecule has 14 heavy (non-hydrogen) atoms. The normalized spacial score (nSPS) is 12.3. The Morgan fingerprint density at radius 2 is 1.71 bits per heavy atom. The molecule has 0 aromatic rings. The minimum absolute atomic E-state index is 0.298. The van der Waals surface area contributed by atoms with Gasteiger partial charge < -0.3 is 5.73 Å². The molecular formula is C8H21N3O2S. The molecule has 0 aliphatic carbocycles. The fourth-order valence-corrected chi connectivity index (χ4v) is 2.53. The highest BCUT2D eigenvalue weighted by Gasteiger charge is 2.18. The molecule has 0 radical (unpaired) electrons. The van der Waals surface area contributed by atoms with Gasteiger partial charge in [-0.3, -0.25) is 0 Å². The zero-order valence-corrected chi connectivity index (χ0v) is 9.81. The molecule has 0 bridgehead atoms. The van der Waals surface area contributed by atoms with Crippen LogP contribution in [0.4, 0.5) is 0 Å². The molecule has 0 amide bonds. The van der Waals surface area contributed by atoms with Crippen LogP contribution >= 0.6 is 0 Å². The van der Waals surface area contributed by atoms with Crippen molar-refractivity contribution in [2.45, 2.75) is 26.7 Å². The fraction of sp³-hybridized carbons (Fsp3) is 1.00. The predicted octanol–water partition coefficient (Wildman–Crippen LogP) is -0.0985. The van der Waals surface area contributed by atoms with Crippen LogP contribution in [0.3, 0.4) is 0 Å². The predicted molar refractivity (Wildman–Crippen MR) is 58.1 cm³/mol. The molecule has 0 aromatic heterocycles. The first-order chi connectivity index (χ1) is 6.58. The Morgan fingerprint density at radius 1 is 1.21 bits per heavy atom. The van der Waals surface area contributed by atoms with E-state index in [1.165, 1.54) is 4.31 Å². The van der Waals surface area contributed by atoms with E-state index in [9.17, 15) is 8.42 Å². The quantitative estimate of drug-likeness (QED) is 0.603. The maximum absolute atomic E-state index is 11.6. The summed E-state index contributed by atoms with van der Waals surface area (Å²) in [6, 6.07) is 0. The van der Waals surface area contributed by atoms with Gasteiger partial charge in [0.2, 0.25) is 0 Å². The molecule has 0 saturated heterocycles. The van der Waals surface area contributed by atoms with Gasteiger partial charge in [0.05, 0.1) is 0 Å². The first-order valence-electron chi connectivity index (χ1n) is 5.03. The number of hydrogen-bond donors (Lipinski definition) is 2. The fourth-order valence-electron chi connectivity index (χ4n) is 1.13. The molecule has 86 valence electrons. The van der Waals surface area contributed by atoms with Gasteiger partial charge in [0.1, 0.15) is 0 Å². The zero-order valence-electron chi connectivity index (χ0n) is 8.99. The van der Waals surface area contributed by atoms with Crippen molar-refractivity contribution >= 4 is 10.2 Å². The summed E-state index contributed by atoms with van der Waals surface area (Å²) in [5, 5.41) is 0. The summed E-state index contributed by atoms with van der Waals surface area (Å²) in [6.07, 6.45) is 1.65. The Hall–Kier alpha value is -0.170. The van der Waals surface area contributed by atoms with Crippen molar-refractivity contribution in [3.63, 3.8) is 0 Å². The van der Waals surface area contributed by atoms with E-state index < -0.39 is 10.2 Å². The average Bonchev–Trinajstić information content (AvgIpc) is 2.14. The number of nitrogens with one attached hydrogen (secondary N) is 1. The zero-order chi connectivity index (χ0) is 11.0. The van der Waals surface area contributed by atoms with Crippen molar-refractivity contribution in [2.75, 3.05) is 26.2 Å². The van der Waals surface area contributed by atoms with Gasteiger partial charge in [0.25, 0.3) is 10.2 Å². The van der Waals surface area contributed by atoms with E-state index in [2.05, 4.69) is 4.72 Å². The first-order valence-corrected chi connectivity index (χ1v) is 6.47. The van der Waals surface area contributed by atoms with Gasteiger partial charge >= 0.3 is 0 Å². The lowest BCUT2D eigenvalue weighted by molar-refractivity contribution is 0.402. The number of nitrogens with two attached hydrogens (primary N) is 1. The van der Waals surface area contributed by atoms with Crippen LogP contribution < -0.4 is 10.5 Å². The molecule has 0 rings (SSSR count). The van der Waals surface area contributed by atoms with E-state index in [0.717, 1.165) is 12.8 Å². The second kappa shape index (κ2) is 7.17. The van der Waals surface area contributed by atoms with Crippen LogP contribution in [0.2, 0.25) is 0 Å². The highest BCUT2D eigenvalue weighted by molar-refractivity contribution is 7.87. The molecule has 3 N–H and O–H groups in total. The van der Waals surface area contributed by atoms with Gasteiger partial charge in [-0.15, -0.1) is 0 Å². The third-order valence-corrected chi connectivity index (χ3v) is 3.33. The maximum Gasteiger partial charge on any atom is 0.279 e. The van der Waals surface area contributed by atoms with Crippen LogP contribution in [0.1, 0.15) is 26.7 Å². The lowest BCUT2D eigenvalue weighted by Gasteiger charge is -2.20. The first kappa shape index (κ1) is 13.8. The molecule has 0 fully saturated rings. The van der Waals surface area contributed by atoms with Gasteiger partial charge in [0.15, 0.2) is 0 Å². The van der Waals surface area contributed by atoms with Gasteiger partial charge in [-0.25, -0.2) is 4.72 Å². The van der Waals surface area contributed by atoms with Crippen LogP contribution in [-0.2, 0) is 10.2 Å². The second-order valence-corrected chi connectivity index (χ2v) is 4.84. The Balaban J connectivity index is 4.29. The lowest BCUT2D eigenvalue weighted by Crippen LogP contribution is -2.43. The highest BCUT2D eigenvalue weighted by Crippen LogP contribution is 2.00. The van der Waals surface area contributed by atoms with Crippen molar-refractivity contribution in [1.29, 1.82) is 0 Å². The molecule has 0 aliphatic heterocycles. The van der Waals surface area contributed by atoms with E-state index in [1.54, 1.807) is 0 Å². The van der Waals surface area contributed by atoms with Gasteiger partial charge in [0, 0.05) is 26.2 Å². The summed E-state index contributed by atoms with van der Waals surface area (Å²) < 4.78 is 27.2. The standard InChI is InChI=1S/C8H21N3O2S/c1-3-7-11(8-4-2)14(12,13)10-6-5-9/h10H,3-9H2,1-2H3. The van der Waals surface area contributed by atoms with E-state index in [0.29, 0.717) is 26.2 Å². The van der Waals surface area contributed by atoms with Gasteiger partial charge in [-0.2, -0.15) is 12.7 Å². The van der Waals surface area contributed by atoms with Crippen LogP contribution in [0.25, 0.3) is 0 Å². The summed E-state index contributed by atoms with van der Waals surface area (Å²) in [5.41, 5.74) is 5.24. The summed E-state index contributed by atoms with van der Waals surface area (Å²) in [6.45, 7) is 5.67. The smallest absolute Gasteiger partial charge is 0.279 e. The van der Waals surface area contributed by atoms with Crippen LogP contribution in [0, 0.1) is 0 Å². The number of hydrogen-bond acceptors (Lipinski definition) is 3. The number of nitrogens with zero attached hydrogens (tertiary/aromatic N) is 1. The maximum atomic E-state index is 11.6. The SMILES string of the molecule is CCCN(CCC)S(=O)(=O)NCCN. The molecular weight excluding hydrogens is 202 g/mol. The molecule has 0 heterocycles. The molecule has 0 atom stereocenters. The third kappa shape index (κ3) is 4.90. The summed E-state index contributed by atoms with van der Waals surface area (Å²) in [5.74, 6) is 0. The highest BCUT2D eigenvalue weighted by atomic mass is 32.2. The Bertz CT molecular complexity index is 223. The molecule has 6 heteroatoms. The molecule has 0 spiro atoms. The van der Waals surface area contributed by atoms with Crippen molar-refractivity contribution in [3.05, 3.63) is 0 Å². The van der Waals surface area contributed by atoms with E-state index in [1.807, 2.05) is 13.8 Å². The van der Waals surface area contributed by atoms with Crippen LogP contribution in [0.15, 0.2) is 0 Å². The molecule has 5 nitrogen and oxygen atoms in total. The van der Waals surface area contributed by atoms with Gasteiger partial charge in [-0.1, -0.05) is 13.8 Å². The number of rotatable bonds is 8.